The zero-order chi connectivity index (χ0) is 17.1. The number of amides is 1. The van der Waals surface area contributed by atoms with Crippen molar-refractivity contribution in [3.8, 4) is 0 Å². The fourth-order valence-electron chi connectivity index (χ4n) is 3.29. The van der Waals surface area contributed by atoms with Crippen LogP contribution in [-0.4, -0.2) is 36.5 Å². The number of carbonyl (C=O) groups is 2. The molecule has 130 valence electrons. The van der Waals surface area contributed by atoms with Crippen LogP contribution in [0.3, 0.4) is 0 Å². The molecule has 1 saturated carbocycles. The minimum Gasteiger partial charge on any atom is -0.455 e. The van der Waals surface area contributed by atoms with Crippen LogP contribution in [0.5, 0.6) is 0 Å². The molecule has 4 nitrogen and oxygen atoms in total. The summed E-state index contributed by atoms with van der Waals surface area (Å²) in [5, 5.41) is 0.330. The maximum absolute atomic E-state index is 13.9. The molecule has 1 aromatic carbocycles. The predicted octanol–water partition coefficient (Wildman–Crippen LogP) is 3.53. The van der Waals surface area contributed by atoms with Crippen molar-refractivity contribution in [3.63, 3.8) is 0 Å². The highest BCUT2D eigenvalue weighted by molar-refractivity contribution is 6.31. The van der Waals surface area contributed by atoms with Crippen molar-refractivity contribution in [2.45, 2.75) is 38.0 Å². The van der Waals surface area contributed by atoms with E-state index < -0.39 is 17.7 Å². The van der Waals surface area contributed by atoms with Crippen LogP contribution in [0, 0.1) is 11.7 Å². The van der Waals surface area contributed by atoms with E-state index in [1.54, 1.807) is 11.0 Å². The molecule has 1 saturated heterocycles. The van der Waals surface area contributed by atoms with Crippen molar-refractivity contribution in [1.29, 1.82) is 0 Å². The summed E-state index contributed by atoms with van der Waals surface area (Å²) in [6, 6.07) is 4.49. The first-order valence-electron chi connectivity index (χ1n) is 8.46. The molecule has 2 fully saturated rings. The van der Waals surface area contributed by atoms with Crippen molar-refractivity contribution in [1.82, 2.24) is 4.90 Å². The topological polar surface area (TPSA) is 46.6 Å². The van der Waals surface area contributed by atoms with Crippen molar-refractivity contribution in [2.24, 2.45) is 5.92 Å². The summed E-state index contributed by atoms with van der Waals surface area (Å²) in [5.74, 6) is -1.65. The fraction of sp³-hybridized carbons (Fsp3) is 0.556. The van der Waals surface area contributed by atoms with E-state index in [4.69, 9.17) is 16.3 Å². The first kappa shape index (κ1) is 17.2. The lowest BCUT2D eigenvalue weighted by Gasteiger charge is -2.19. The number of likely N-dealkylation sites (tertiary alicyclic amines) is 1. The minimum atomic E-state index is -0.442. The van der Waals surface area contributed by atoms with E-state index in [-0.39, 0.29) is 18.4 Å². The average Bonchev–Trinajstić information content (AvgIpc) is 3.36. The van der Waals surface area contributed by atoms with E-state index in [0.717, 1.165) is 38.8 Å². The SMILES string of the molecule is O=C(OCC(=O)N1CCCCCC1)[C@H]1C[C@H]1c1c(F)cccc1Cl. The second-order valence-electron chi connectivity index (χ2n) is 6.49. The van der Waals surface area contributed by atoms with Crippen LogP contribution in [-0.2, 0) is 14.3 Å². The Morgan fingerprint density at radius 3 is 2.58 bits per heavy atom. The van der Waals surface area contributed by atoms with Gasteiger partial charge in [0.2, 0.25) is 0 Å². The van der Waals surface area contributed by atoms with Crippen molar-refractivity contribution < 1.29 is 18.7 Å². The Morgan fingerprint density at radius 1 is 1.21 bits per heavy atom. The highest BCUT2D eigenvalue weighted by atomic mass is 35.5. The zero-order valence-corrected chi connectivity index (χ0v) is 14.2. The molecular formula is C18H21ClFNO3. The van der Waals surface area contributed by atoms with E-state index in [1.807, 2.05) is 0 Å². The molecule has 1 aliphatic carbocycles. The summed E-state index contributed by atoms with van der Waals surface area (Å²) in [6.07, 6.45) is 4.77. The number of nitrogens with zero attached hydrogens (tertiary/aromatic N) is 1. The number of halogens is 2. The molecule has 0 unspecified atom stereocenters. The quantitative estimate of drug-likeness (QED) is 0.778. The van der Waals surface area contributed by atoms with Gasteiger partial charge < -0.3 is 9.64 Å². The summed E-state index contributed by atoms with van der Waals surface area (Å²) in [4.78, 5) is 26.0. The second kappa shape index (κ2) is 7.51. The number of carbonyl (C=O) groups excluding carboxylic acids is 2. The maximum Gasteiger partial charge on any atom is 0.310 e. The summed E-state index contributed by atoms with van der Waals surface area (Å²) in [7, 11) is 0. The molecule has 0 aromatic heterocycles. The standard InChI is InChI=1S/C18H21ClFNO3/c19-14-6-5-7-15(20)17(14)12-10-13(12)18(23)24-11-16(22)21-8-3-1-2-4-9-21/h5-7,12-13H,1-4,8-11H2/t12-,13+/m1/s1. The molecular weight excluding hydrogens is 333 g/mol. The lowest BCUT2D eigenvalue weighted by molar-refractivity contribution is -0.153. The lowest BCUT2D eigenvalue weighted by atomic mass is 10.1. The Hall–Kier alpha value is -1.62. The molecule has 24 heavy (non-hydrogen) atoms. The second-order valence-corrected chi connectivity index (χ2v) is 6.89. The number of esters is 1. The number of rotatable bonds is 4. The third-order valence-electron chi connectivity index (χ3n) is 4.76. The Morgan fingerprint density at radius 2 is 1.92 bits per heavy atom. The highest BCUT2D eigenvalue weighted by Gasteiger charge is 2.47. The molecule has 2 atom stereocenters. The van der Waals surface area contributed by atoms with Gasteiger partial charge >= 0.3 is 5.97 Å². The van der Waals surface area contributed by atoms with E-state index >= 15 is 0 Å². The molecule has 6 heteroatoms. The van der Waals surface area contributed by atoms with Crippen LogP contribution < -0.4 is 0 Å². The molecule has 1 heterocycles. The van der Waals surface area contributed by atoms with Gasteiger partial charge in [-0.15, -0.1) is 0 Å². The van der Waals surface area contributed by atoms with Crippen molar-refractivity contribution in [3.05, 3.63) is 34.6 Å². The molecule has 0 spiro atoms. The Kier molecular flexibility index (Phi) is 5.39. The number of benzene rings is 1. The molecule has 0 bridgehead atoms. The monoisotopic (exact) mass is 353 g/mol. The highest BCUT2D eigenvalue weighted by Crippen LogP contribution is 2.51. The van der Waals surface area contributed by atoms with Gasteiger partial charge in [-0.25, -0.2) is 4.39 Å². The summed E-state index contributed by atoms with van der Waals surface area (Å²) < 4.78 is 19.0. The van der Waals surface area contributed by atoms with E-state index in [1.165, 1.54) is 12.1 Å². The lowest BCUT2D eigenvalue weighted by Crippen LogP contribution is -2.35. The largest absolute Gasteiger partial charge is 0.455 e. The van der Waals surface area contributed by atoms with Gasteiger partial charge in [-0.3, -0.25) is 9.59 Å². The number of hydrogen-bond donors (Lipinski definition) is 0. The van der Waals surface area contributed by atoms with E-state index in [9.17, 15) is 14.0 Å². The van der Waals surface area contributed by atoms with Gasteiger partial charge in [0.15, 0.2) is 6.61 Å². The molecule has 0 radical (unpaired) electrons. The summed E-state index contributed by atoms with van der Waals surface area (Å²) >= 11 is 6.03. The van der Waals surface area contributed by atoms with Crippen LogP contribution in [0.2, 0.25) is 5.02 Å². The molecule has 1 aromatic rings. The third-order valence-corrected chi connectivity index (χ3v) is 5.09. The van der Waals surface area contributed by atoms with Crippen LogP contribution in [0.25, 0.3) is 0 Å². The average molecular weight is 354 g/mol. The molecule has 2 aliphatic rings. The van der Waals surface area contributed by atoms with E-state index in [2.05, 4.69) is 0 Å². The summed E-state index contributed by atoms with van der Waals surface area (Å²) in [6.45, 7) is 1.23. The fourth-order valence-corrected chi connectivity index (χ4v) is 3.59. The van der Waals surface area contributed by atoms with Gasteiger partial charge in [-0.2, -0.15) is 0 Å². The normalized spacial score (nSPS) is 23.5. The van der Waals surface area contributed by atoms with Gasteiger partial charge in [-0.05, 0) is 31.4 Å². The molecule has 1 aliphatic heterocycles. The molecule has 0 N–H and O–H groups in total. The first-order valence-corrected chi connectivity index (χ1v) is 8.84. The van der Waals surface area contributed by atoms with Crippen LogP contribution in [0.4, 0.5) is 4.39 Å². The minimum absolute atomic E-state index is 0.147. The van der Waals surface area contributed by atoms with Gasteiger partial charge in [-0.1, -0.05) is 30.5 Å². The van der Waals surface area contributed by atoms with Crippen molar-refractivity contribution in [2.75, 3.05) is 19.7 Å². The third kappa shape index (κ3) is 3.89. The number of hydrogen-bond acceptors (Lipinski definition) is 3. The van der Waals surface area contributed by atoms with E-state index in [0.29, 0.717) is 17.0 Å². The Bertz CT molecular complexity index is 608. The van der Waals surface area contributed by atoms with Crippen LogP contribution >= 0.6 is 11.6 Å². The Balaban J connectivity index is 1.51. The Labute approximate surface area is 145 Å². The summed E-state index contributed by atoms with van der Waals surface area (Å²) in [5.41, 5.74) is 0.375. The van der Waals surface area contributed by atoms with Gasteiger partial charge in [0.05, 0.1) is 5.92 Å². The van der Waals surface area contributed by atoms with Crippen LogP contribution in [0.1, 0.15) is 43.6 Å². The van der Waals surface area contributed by atoms with Gasteiger partial charge in [0, 0.05) is 29.6 Å². The number of ether oxygens (including phenoxy) is 1. The zero-order valence-electron chi connectivity index (χ0n) is 13.5. The molecule has 1 amide bonds. The van der Waals surface area contributed by atoms with Crippen LogP contribution in [0.15, 0.2) is 18.2 Å². The smallest absolute Gasteiger partial charge is 0.310 e. The predicted molar refractivity (Wildman–Crippen MR) is 88.3 cm³/mol. The van der Waals surface area contributed by atoms with Crippen molar-refractivity contribution >= 4 is 23.5 Å². The van der Waals surface area contributed by atoms with Gasteiger partial charge in [0.1, 0.15) is 5.82 Å². The maximum atomic E-state index is 13.9. The molecule has 3 rings (SSSR count). The van der Waals surface area contributed by atoms with Gasteiger partial charge in [0.25, 0.3) is 5.91 Å². The first-order chi connectivity index (χ1) is 11.6.